The molecule has 0 aromatic heterocycles. The average molecular weight is 454 g/mol. The average Bonchev–Trinajstić information content (AvgIpc) is 3.44. The van der Waals surface area contributed by atoms with Crippen molar-refractivity contribution in [2.75, 3.05) is 12.2 Å². The van der Waals surface area contributed by atoms with E-state index in [-0.39, 0.29) is 23.5 Å². The number of anilines is 1. The molecule has 0 amide bonds. The SMILES string of the molecule is COc1ccc(/C=C2\C=C[C@H]3ON(c4ccccc4)[C@H](C(=O)c4ccc([N+](=O)[O-])cc4)[C@@H]23)cc1. The molecule has 0 spiro atoms. The lowest BCUT2D eigenvalue weighted by Crippen LogP contribution is -2.40. The van der Waals surface area contributed by atoms with E-state index in [2.05, 4.69) is 6.08 Å². The fourth-order valence-electron chi connectivity index (χ4n) is 4.45. The van der Waals surface area contributed by atoms with E-state index in [1.165, 1.54) is 24.3 Å². The summed E-state index contributed by atoms with van der Waals surface area (Å²) >= 11 is 0. The zero-order valence-corrected chi connectivity index (χ0v) is 18.4. The molecule has 3 aromatic rings. The van der Waals surface area contributed by atoms with Gasteiger partial charge in [0.15, 0.2) is 5.78 Å². The third kappa shape index (κ3) is 3.97. The Morgan fingerprint density at radius 1 is 1.03 bits per heavy atom. The molecule has 1 fully saturated rings. The fourth-order valence-corrected chi connectivity index (χ4v) is 4.45. The summed E-state index contributed by atoms with van der Waals surface area (Å²) in [6.45, 7) is 0. The summed E-state index contributed by atoms with van der Waals surface area (Å²) in [4.78, 5) is 30.6. The van der Waals surface area contributed by atoms with Crippen LogP contribution in [0.3, 0.4) is 0 Å². The van der Waals surface area contributed by atoms with Gasteiger partial charge in [0.1, 0.15) is 17.9 Å². The largest absolute Gasteiger partial charge is 0.497 e. The van der Waals surface area contributed by atoms with Gasteiger partial charge in [0.25, 0.3) is 5.69 Å². The normalized spacial score (nSPS) is 22.1. The number of rotatable bonds is 6. The second-order valence-electron chi connectivity index (χ2n) is 8.15. The van der Waals surface area contributed by atoms with E-state index in [1.54, 1.807) is 12.2 Å². The topological polar surface area (TPSA) is 81.9 Å². The number of fused-ring (bicyclic) bond motifs is 1. The summed E-state index contributed by atoms with van der Waals surface area (Å²) in [5, 5.41) is 12.7. The summed E-state index contributed by atoms with van der Waals surface area (Å²) in [5.41, 5.74) is 3.08. The molecule has 0 saturated carbocycles. The van der Waals surface area contributed by atoms with E-state index in [0.29, 0.717) is 5.56 Å². The van der Waals surface area contributed by atoms with E-state index in [0.717, 1.165) is 22.6 Å². The molecule has 0 N–H and O–H groups in total. The molecule has 0 unspecified atom stereocenters. The van der Waals surface area contributed by atoms with Gasteiger partial charge in [0.05, 0.1) is 17.7 Å². The van der Waals surface area contributed by atoms with Gasteiger partial charge in [-0.1, -0.05) is 48.6 Å². The van der Waals surface area contributed by atoms with Crippen LogP contribution in [0.4, 0.5) is 11.4 Å². The zero-order chi connectivity index (χ0) is 23.7. The predicted octanol–water partition coefficient (Wildman–Crippen LogP) is 5.24. The first-order chi connectivity index (χ1) is 16.5. The van der Waals surface area contributed by atoms with Gasteiger partial charge in [-0.25, -0.2) is 5.06 Å². The van der Waals surface area contributed by atoms with Crippen LogP contribution in [0.2, 0.25) is 0 Å². The minimum absolute atomic E-state index is 0.0559. The number of carbonyl (C=O) groups is 1. The van der Waals surface area contributed by atoms with Gasteiger partial charge in [-0.15, -0.1) is 0 Å². The maximum Gasteiger partial charge on any atom is 0.269 e. The van der Waals surface area contributed by atoms with Crippen LogP contribution >= 0.6 is 0 Å². The molecule has 1 saturated heterocycles. The number of hydrogen-bond donors (Lipinski definition) is 0. The number of hydroxylamine groups is 1. The van der Waals surface area contributed by atoms with Crippen molar-refractivity contribution in [1.82, 2.24) is 0 Å². The lowest BCUT2D eigenvalue weighted by molar-refractivity contribution is -0.384. The van der Waals surface area contributed by atoms with Gasteiger partial charge in [0, 0.05) is 23.6 Å². The van der Waals surface area contributed by atoms with Gasteiger partial charge in [-0.05, 0) is 47.5 Å². The van der Waals surface area contributed by atoms with Crippen LogP contribution in [0.15, 0.2) is 96.6 Å². The molecule has 5 rings (SSSR count). The summed E-state index contributed by atoms with van der Waals surface area (Å²) in [6, 6.07) is 22.3. The molecular weight excluding hydrogens is 432 g/mol. The number of ketones is 1. The third-order valence-corrected chi connectivity index (χ3v) is 6.14. The van der Waals surface area contributed by atoms with Gasteiger partial charge in [-0.3, -0.25) is 19.7 Å². The molecule has 2 aliphatic rings. The first kappa shape index (κ1) is 21.6. The molecule has 0 radical (unpaired) electrons. The Bertz CT molecular complexity index is 1270. The molecule has 0 bridgehead atoms. The maximum absolute atomic E-state index is 13.8. The van der Waals surface area contributed by atoms with Crippen LogP contribution in [0.25, 0.3) is 6.08 Å². The monoisotopic (exact) mass is 454 g/mol. The zero-order valence-electron chi connectivity index (χ0n) is 18.4. The molecule has 34 heavy (non-hydrogen) atoms. The smallest absolute Gasteiger partial charge is 0.269 e. The third-order valence-electron chi connectivity index (χ3n) is 6.14. The summed E-state index contributed by atoms with van der Waals surface area (Å²) in [7, 11) is 1.63. The Labute approximate surface area is 196 Å². The first-order valence-electron chi connectivity index (χ1n) is 10.9. The van der Waals surface area contributed by atoms with Crippen molar-refractivity contribution in [2.24, 2.45) is 5.92 Å². The molecule has 7 heteroatoms. The standard InChI is InChI=1S/C27H22N2O5/c1-33-23-14-7-18(8-15-23)17-20-11-16-24-25(20)26(28(34-24)21-5-3-2-4-6-21)27(30)19-9-12-22(13-10-19)29(31)32/h2-17,24-26H,1H3/b20-17+/t24-,25+,26+/m1/s1. The van der Waals surface area contributed by atoms with E-state index in [1.807, 2.05) is 66.7 Å². The number of methoxy groups -OCH3 is 1. The number of hydrogen-bond acceptors (Lipinski definition) is 6. The van der Waals surface area contributed by atoms with Crippen LogP contribution in [0.1, 0.15) is 15.9 Å². The number of para-hydroxylation sites is 1. The predicted molar refractivity (Wildman–Crippen MR) is 129 cm³/mol. The molecular formula is C27H22N2O5. The van der Waals surface area contributed by atoms with E-state index < -0.39 is 11.0 Å². The number of ether oxygens (including phenoxy) is 1. The summed E-state index contributed by atoms with van der Waals surface area (Å²) < 4.78 is 5.24. The molecule has 170 valence electrons. The van der Waals surface area contributed by atoms with Crippen LogP contribution in [0.5, 0.6) is 5.75 Å². The highest BCUT2D eigenvalue weighted by Crippen LogP contribution is 2.43. The van der Waals surface area contributed by atoms with Crippen molar-refractivity contribution in [1.29, 1.82) is 0 Å². The molecule has 7 nitrogen and oxygen atoms in total. The Morgan fingerprint density at radius 2 is 1.74 bits per heavy atom. The number of non-ortho nitro benzene ring substituents is 1. The Hall–Kier alpha value is -4.23. The highest BCUT2D eigenvalue weighted by molar-refractivity contribution is 6.03. The number of nitrogens with zero attached hydrogens (tertiary/aromatic N) is 2. The van der Waals surface area contributed by atoms with Crippen molar-refractivity contribution in [3.05, 3.63) is 118 Å². The van der Waals surface area contributed by atoms with E-state index in [4.69, 9.17) is 9.57 Å². The maximum atomic E-state index is 13.8. The highest BCUT2D eigenvalue weighted by Gasteiger charge is 2.50. The molecule has 1 heterocycles. The van der Waals surface area contributed by atoms with Crippen molar-refractivity contribution in [2.45, 2.75) is 12.1 Å². The molecule has 3 atom stereocenters. The van der Waals surface area contributed by atoms with Crippen molar-refractivity contribution in [3.8, 4) is 5.75 Å². The minimum Gasteiger partial charge on any atom is -0.497 e. The van der Waals surface area contributed by atoms with Gasteiger partial charge < -0.3 is 4.74 Å². The number of benzene rings is 3. The Morgan fingerprint density at radius 3 is 2.38 bits per heavy atom. The number of Topliss-reactive ketones (excluding diaryl/α,β-unsaturated/α-hetero) is 1. The van der Waals surface area contributed by atoms with Crippen molar-refractivity contribution < 1.29 is 19.3 Å². The second-order valence-corrected chi connectivity index (χ2v) is 8.15. The Kier molecular flexibility index (Phi) is 5.69. The van der Waals surface area contributed by atoms with Crippen LogP contribution in [0, 0.1) is 16.0 Å². The van der Waals surface area contributed by atoms with Gasteiger partial charge >= 0.3 is 0 Å². The number of carbonyl (C=O) groups excluding carboxylic acids is 1. The number of nitro groups is 1. The summed E-state index contributed by atoms with van der Waals surface area (Å²) in [6.07, 6.45) is 5.72. The lowest BCUT2D eigenvalue weighted by Gasteiger charge is -2.26. The minimum atomic E-state index is -0.631. The van der Waals surface area contributed by atoms with Crippen LogP contribution < -0.4 is 9.80 Å². The number of allylic oxidation sites excluding steroid dienone is 1. The quantitative estimate of drug-likeness (QED) is 0.288. The lowest BCUT2D eigenvalue weighted by atomic mass is 9.86. The number of nitro benzene ring substituents is 1. The van der Waals surface area contributed by atoms with Crippen LogP contribution in [-0.4, -0.2) is 30.0 Å². The van der Waals surface area contributed by atoms with Crippen molar-refractivity contribution >= 4 is 23.2 Å². The molecule has 1 aliphatic heterocycles. The molecule has 1 aliphatic carbocycles. The van der Waals surface area contributed by atoms with E-state index >= 15 is 0 Å². The summed E-state index contributed by atoms with van der Waals surface area (Å²) in [5.74, 6) is 0.383. The van der Waals surface area contributed by atoms with Crippen LogP contribution in [-0.2, 0) is 4.84 Å². The molecule has 3 aromatic carbocycles. The van der Waals surface area contributed by atoms with Gasteiger partial charge in [-0.2, -0.15) is 0 Å². The van der Waals surface area contributed by atoms with Crippen molar-refractivity contribution in [3.63, 3.8) is 0 Å². The second kappa shape index (κ2) is 8.96. The fraction of sp³-hybridized carbons (Fsp3) is 0.148. The highest BCUT2D eigenvalue weighted by atomic mass is 16.7. The van der Waals surface area contributed by atoms with Gasteiger partial charge in [0.2, 0.25) is 0 Å². The first-order valence-corrected chi connectivity index (χ1v) is 10.9. The van der Waals surface area contributed by atoms with E-state index in [9.17, 15) is 14.9 Å². The Balaban J connectivity index is 1.53.